The lowest BCUT2D eigenvalue weighted by atomic mass is 9.78. The van der Waals surface area contributed by atoms with Gasteiger partial charge in [-0.1, -0.05) is 72.7 Å². The number of halogens is 1. The monoisotopic (exact) mass is 280 g/mol. The molecule has 0 aliphatic rings. The van der Waals surface area contributed by atoms with Crippen molar-refractivity contribution in [1.82, 2.24) is 0 Å². The molecule has 1 rings (SSSR count). The molecule has 108 valence electrons. The van der Waals surface area contributed by atoms with Gasteiger partial charge in [-0.05, 0) is 34.3 Å². The Morgan fingerprint density at radius 1 is 0.947 bits per heavy atom. The lowest BCUT2D eigenvalue weighted by Crippen LogP contribution is -2.18. The molecule has 1 heteroatoms. The zero-order valence-corrected chi connectivity index (χ0v) is 14.3. The Hall–Kier alpha value is -0.490. The zero-order chi connectivity index (χ0) is 14.8. The molecule has 19 heavy (non-hydrogen) atoms. The van der Waals surface area contributed by atoms with E-state index in [9.17, 15) is 0 Å². The third kappa shape index (κ3) is 4.84. The standard InChI is InChI=1S/C18H29Cl/c1-13(17(2,3)4)12-16(19)14-8-10-15(11-9-14)18(5,6)7/h8-11,13,16H,12H2,1-7H3. The van der Waals surface area contributed by atoms with Gasteiger partial charge in [-0.2, -0.15) is 0 Å². The molecule has 2 unspecified atom stereocenters. The molecular weight excluding hydrogens is 252 g/mol. The average molecular weight is 281 g/mol. The summed E-state index contributed by atoms with van der Waals surface area (Å²) in [5.41, 5.74) is 3.13. The maximum Gasteiger partial charge on any atom is 0.0588 e. The highest BCUT2D eigenvalue weighted by molar-refractivity contribution is 6.20. The van der Waals surface area contributed by atoms with Crippen molar-refractivity contribution < 1.29 is 0 Å². The second kappa shape index (κ2) is 5.87. The zero-order valence-electron chi connectivity index (χ0n) is 13.5. The predicted molar refractivity (Wildman–Crippen MR) is 87.0 cm³/mol. The van der Waals surface area contributed by atoms with Gasteiger partial charge in [0.25, 0.3) is 0 Å². The summed E-state index contributed by atoms with van der Waals surface area (Å²) in [5.74, 6) is 0.609. The molecule has 0 bridgehead atoms. The van der Waals surface area contributed by atoms with E-state index in [1.54, 1.807) is 0 Å². The second-order valence-corrected chi connectivity index (χ2v) is 8.37. The number of benzene rings is 1. The molecule has 0 radical (unpaired) electrons. The van der Waals surface area contributed by atoms with Crippen LogP contribution in [0.1, 0.15) is 71.4 Å². The van der Waals surface area contributed by atoms with Crippen LogP contribution in [0.3, 0.4) is 0 Å². The van der Waals surface area contributed by atoms with E-state index in [1.165, 1.54) is 11.1 Å². The fraction of sp³-hybridized carbons (Fsp3) is 0.667. The maximum atomic E-state index is 6.57. The molecule has 0 saturated carbocycles. The molecule has 0 aliphatic heterocycles. The lowest BCUT2D eigenvalue weighted by molar-refractivity contribution is 0.245. The highest BCUT2D eigenvalue weighted by Crippen LogP contribution is 2.36. The Labute approximate surface area is 124 Å². The van der Waals surface area contributed by atoms with Crippen LogP contribution in [-0.2, 0) is 5.41 Å². The van der Waals surface area contributed by atoms with Crippen LogP contribution < -0.4 is 0 Å². The quantitative estimate of drug-likeness (QED) is 0.567. The van der Waals surface area contributed by atoms with E-state index in [2.05, 4.69) is 72.7 Å². The summed E-state index contributed by atoms with van der Waals surface area (Å²) >= 11 is 6.57. The fourth-order valence-electron chi connectivity index (χ4n) is 1.99. The molecule has 2 atom stereocenters. The van der Waals surface area contributed by atoms with E-state index in [0.717, 1.165) is 6.42 Å². The molecular formula is C18H29Cl. The first-order valence-corrected chi connectivity index (χ1v) is 7.70. The Morgan fingerprint density at radius 3 is 1.79 bits per heavy atom. The summed E-state index contributed by atoms with van der Waals surface area (Å²) in [5, 5.41) is 0.114. The van der Waals surface area contributed by atoms with Crippen molar-refractivity contribution in [3.05, 3.63) is 35.4 Å². The van der Waals surface area contributed by atoms with Gasteiger partial charge < -0.3 is 0 Å². The minimum atomic E-state index is 0.114. The maximum absolute atomic E-state index is 6.57. The molecule has 0 aromatic heterocycles. The van der Waals surface area contributed by atoms with Gasteiger partial charge in [-0.25, -0.2) is 0 Å². The first-order chi connectivity index (χ1) is 8.51. The van der Waals surface area contributed by atoms with Gasteiger partial charge in [0.1, 0.15) is 0 Å². The first kappa shape index (κ1) is 16.6. The summed E-state index contributed by atoms with van der Waals surface area (Å²) in [7, 11) is 0. The summed E-state index contributed by atoms with van der Waals surface area (Å²) in [6.07, 6.45) is 1.03. The van der Waals surface area contributed by atoms with Gasteiger partial charge in [0.15, 0.2) is 0 Å². The second-order valence-electron chi connectivity index (χ2n) is 7.84. The highest BCUT2D eigenvalue weighted by atomic mass is 35.5. The summed E-state index contributed by atoms with van der Waals surface area (Å²) in [4.78, 5) is 0. The van der Waals surface area contributed by atoms with Crippen LogP contribution in [0.25, 0.3) is 0 Å². The van der Waals surface area contributed by atoms with Crippen molar-refractivity contribution in [1.29, 1.82) is 0 Å². The van der Waals surface area contributed by atoms with Crippen molar-refractivity contribution in [2.45, 2.75) is 65.7 Å². The van der Waals surface area contributed by atoms with Gasteiger partial charge >= 0.3 is 0 Å². The fourth-order valence-corrected chi connectivity index (χ4v) is 2.40. The van der Waals surface area contributed by atoms with E-state index in [1.807, 2.05) is 0 Å². The molecule has 0 amide bonds. The van der Waals surface area contributed by atoms with Crippen LogP contribution in [0, 0.1) is 11.3 Å². The molecule has 0 N–H and O–H groups in total. The van der Waals surface area contributed by atoms with Gasteiger partial charge in [-0.3, -0.25) is 0 Å². The largest absolute Gasteiger partial charge is 0.118 e. The van der Waals surface area contributed by atoms with Crippen LogP contribution in [0.2, 0.25) is 0 Å². The number of rotatable bonds is 3. The van der Waals surface area contributed by atoms with Gasteiger partial charge in [0, 0.05) is 0 Å². The van der Waals surface area contributed by atoms with E-state index in [4.69, 9.17) is 11.6 Å². The van der Waals surface area contributed by atoms with E-state index in [0.29, 0.717) is 11.3 Å². The summed E-state index contributed by atoms with van der Waals surface area (Å²) < 4.78 is 0. The van der Waals surface area contributed by atoms with Crippen LogP contribution in [0.4, 0.5) is 0 Å². The van der Waals surface area contributed by atoms with Crippen LogP contribution in [-0.4, -0.2) is 0 Å². The molecule has 0 aliphatic carbocycles. The van der Waals surface area contributed by atoms with Crippen LogP contribution >= 0.6 is 11.6 Å². The minimum Gasteiger partial charge on any atom is -0.118 e. The molecule has 1 aromatic carbocycles. The van der Waals surface area contributed by atoms with Crippen molar-refractivity contribution >= 4 is 11.6 Å². The SMILES string of the molecule is CC(CC(Cl)c1ccc(C(C)(C)C)cc1)C(C)(C)C. The third-order valence-electron chi connectivity index (χ3n) is 4.18. The Morgan fingerprint density at radius 2 is 1.42 bits per heavy atom. The van der Waals surface area contributed by atoms with E-state index in [-0.39, 0.29) is 10.8 Å². The van der Waals surface area contributed by atoms with Gasteiger partial charge in [0.2, 0.25) is 0 Å². The summed E-state index contributed by atoms with van der Waals surface area (Å²) in [6, 6.07) is 8.81. The van der Waals surface area contributed by atoms with Crippen LogP contribution in [0.15, 0.2) is 24.3 Å². The van der Waals surface area contributed by atoms with Crippen molar-refractivity contribution in [3.63, 3.8) is 0 Å². The molecule has 0 heterocycles. The van der Waals surface area contributed by atoms with Crippen LogP contribution in [0.5, 0.6) is 0 Å². The number of hydrogen-bond donors (Lipinski definition) is 0. The lowest BCUT2D eigenvalue weighted by Gasteiger charge is -2.29. The van der Waals surface area contributed by atoms with Crippen molar-refractivity contribution in [2.75, 3.05) is 0 Å². The van der Waals surface area contributed by atoms with E-state index >= 15 is 0 Å². The topological polar surface area (TPSA) is 0 Å². The van der Waals surface area contributed by atoms with Crippen molar-refractivity contribution in [3.8, 4) is 0 Å². The molecule has 0 spiro atoms. The molecule has 1 aromatic rings. The smallest absolute Gasteiger partial charge is 0.0588 e. The molecule has 0 fully saturated rings. The Kier molecular flexibility index (Phi) is 5.12. The number of alkyl halides is 1. The van der Waals surface area contributed by atoms with Crippen molar-refractivity contribution in [2.24, 2.45) is 11.3 Å². The third-order valence-corrected chi connectivity index (χ3v) is 4.61. The first-order valence-electron chi connectivity index (χ1n) is 7.26. The molecule has 0 saturated heterocycles. The average Bonchev–Trinajstić information content (AvgIpc) is 2.26. The minimum absolute atomic E-state index is 0.114. The summed E-state index contributed by atoms with van der Waals surface area (Å²) in [6.45, 7) is 15.8. The predicted octanol–water partition coefficient (Wildman–Crippen LogP) is 6.34. The Bertz CT molecular complexity index is 389. The highest BCUT2D eigenvalue weighted by Gasteiger charge is 2.23. The van der Waals surface area contributed by atoms with Gasteiger partial charge in [0.05, 0.1) is 5.38 Å². The number of hydrogen-bond acceptors (Lipinski definition) is 0. The molecule has 0 nitrogen and oxygen atoms in total. The van der Waals surface area contributed by atoms with E-state index < -0.39 is 0 Å². The van der Waals surface area contributed by atoms with Gasteiger partial charge in [-0.15, -0.1) is 11.6 Å². The Balaban J connectivity index is 2.76. The normalized spacial score (nSPS) is 16.2.